The van der Waals surface area contributed by atoms with Crippen LogP contribution in [0.1, 0.15) is 44.1 Å². The van der Waals surface area contributed by atoms with Crippen molar-refractivity contribution in [2.75, 3.05) is 6.61 Å². The second-order valence-corrected chi connectivity index (χ2v) is 16.9. The van der Waals surface area contributed by atoms with E-state index in [-0.39, 0.29) is 16.8 Å². The molecule has 0 bridgehead atoms. The van der Waals surface area contributed by atoms with Gasteiger partial charge in [-0.05, 0) is 43.1 Å². The van der Waals surface area contributed by atoms with Gasteiger partial charge < -0.3 is 19.5 Å². The van der Waals surface area contributed by atoms with Crippen LogP contribution in [0.15, 0.2) is 72.5 Å². The predicted molar refractivity (Wildman–Crippen MR) is 161 cm³/mol. The van der Waals surface area contributed by atoms with Gasteiger partial charge in [0.05, 0.1) is 24.7 Å². The maximum atomic E-state index is 11.5. The van der Waals surface area contributed by atoms with Gasteiger partial charge in [-0.2, -0.15) is 0 Å². The van der Waals surface area contributed by atoms with Gasteiger partial charge in [0.1, 0.15) is 16.5 Å². The molecule has 1 atom stereocenters. The predicted octanol–water partition coefficient (Wildman–Crippen LogP) is 7.02. The van der Waals surface area contributed by atoms with Gasteiger partial charge in [-0.25, -0.2) is 9.97 Å². The first-order chi connectivity index (χ1) is 18.5. The summed E-state index contributed by atoms with van der Waals surface area (Å²) in [5, 5.41) is 3.18. The van der Waals surface area contributed by atoms with Crippen LogP contribution in [0.3, 0.4) is 0 Å². The fourth-order valence-electron chi connectivity index (χ4n) is 3.97. The van der Waals surface area contributed by atoms with E-state index in [9.17, 15) is 4.79 Å². The number of benzene rings is 2. The quantitative estimate of drug-likeness (QED) is 0.148. The molecule has 206 valence electrons. The Balaban J connectivity index is 1.37. The molecule has 4 aromatic rings. The first-order valence-electron chi connectivity index (χ1n) is 13.3. The van der Waals surface area contributed by atoms with E-state index in [4.69, 9.17) is 19.9 Å². The highest BCUT2D eigenvalue weighted by Crippen LogP contribution is 2.38. The molecule has 1 unspecified atom stereocenters. The van der Waals surface area contributed by atoms with Crippen molar-refractivity contribution in [3.63, 3.8) is 0 Å². The molecule has 0 saturated carbocycles. The number of hydrogen-bond acceptors (Lipinski definition) is 6. The second-order valence-electron chi connectivity index (χ2n) is 11.2. The van der Waals surface area contributed by atoms with E-state index < -0.39 is 14.2 Å². The number of primary amides is 1. The molecular formula is C30H38N4O3SSi. The number of aromatic nitrogens is 3. The second kappa shape index (κ2) is 12.3. The zero-order valence-corrected chi connectivity index (χ0v) is 25.2. The van der Waals surface area contributed by atoms with Gasteiger partial charge >= 0.3 is 0 Å². The van der Waals surface area contributed by atoms with Crippen LogP contribution >= 0.6 is 11.3 Å². The molecule has 2 aromatic carbocycles. The summed E-state index contributed by atoms with van der Waals surface area (Å²) in [6.45, 7) is 12.4. The van der Waals surface area contributed by atoms with Crippen molar-refractivity contribution in [3.8, 4) is 27.6 Å². The number of ether oxygens (including phenoxy) is 1. The fraction of sp³-hybridized carbons (Fsp3) is 0.367. The molecular weight excluding hydrogens is 525 g/mol. The van der Waals surface area contributed by atoms with Crippen LogP contribution < -0.4 is 10.5 Å². The van der Waals surface area contributed by atoms with Crippen LogP contribution in [0.5, 0.6) is 5.75 Å². The maximum Gasteiger partial charge on any atom is 0.268 e. The number of imidazole rings is 1. The van der Waals surface area contributed by atoms with E-state index in [1.807, 2.05) is 41.0 Å². The molecule has 0 aliphatic heterocycles. The smallest absolute Gasteiger partial charge is 0.268 e. The van der Waals surface area contributed by atoms with Crippen molar-refractivity contribution in [2.24, 2.45) is 5.73 Å². The number of carbonyl (C=O) groups is 1. The topological polar surface area (TPSA) is 92.3 Å². The fourth-order valence-corrected chi connectivity index (χ4v) is 6.18. The Kier molecular flexibility index (Phi) is 9.04. The molecule has 2 aromatic heterocycles. The number of rotatable bonds is 12. The van der Waals surface area contributed by atoms with Crippen molar-refractivity contribution in [3.05, 3.63) is 78.2 Å². The van der Waals surface area contributed by atoms with Crippen LogP contribution in [0.2, 0.25) is 18.1 Å². The molecule has 0 radical (unpaired) electrons. The van der Waals surface area contributed by atoms with Crippen molar-refractivity contribution in [2.45, 2.75) is 64.4 Å². The third-order valence-corrected chi connectivity index (χ3v) is 12.6. The van der Waals surface area contributed by atoms with Gasteiger partial charge in [0.15, 0.2) is 8.32 Å². The summed E-state index contributed by atoms with van der Waals surface area (Å²) in [5.41, 5.74) is 8.76. The lowest BCUT2D eigenvalue weighted by Gasteiger charge is -2.39. The summed E-state index contributed by atoms with van der Waals surface area (Å²) >= 11 is 1.64. The highest BCUT2D eigenvalue weighted by molar-refractivity contribution is 7.13. The summed E-state index contributed by atoms with van der Waals surface area (Å²) in [5.74, 6) is 0.296. The number of nitrogens with two attached hydrogens (primary N) is 1. The minimum atomic E-state index is -2.00. The SMILES string of the molecule is CC(C)(C)[Si](C)(C)OC(CCCOc1cccc(-c2csc(-c3ccccc3)n2)c1)Cn1cnc(C(N)=O)c1. The average Bonchev–Trinajstić information content (AvgIpc) is 3.57. The average molecular weight is 563 g/mol. The van der Waals surface area contributed by atoms with Gasteiger partial charge in [-0.3, -0.25) is 4.79 Å². The third kappa shape index (κ3) is 7.65. The summed E-state index contributed by atoms with van der Waals surface area (Å²) in [4.78, 5) is 20.4. The first-order valence-corrected chi connectivity index (χ1v) is 17.0. The Morgan fingerprint density at radius 1 is 1.10 bits per heavy atom. The normalized spacial score (nSPS) is 12.8. The minimum absolute atomic E-state index is 0.0258. The van der Waals surface area contributed by atoms with Crippen molar-refractivity contribution in [1.82, 2.24) is 14.5 Å². The summed E-state index contributed by atoms with van der Waals surface area (Å²) in [6, 6.07) is 18.3. The van der Waals surface area contributed by atoms with Gasteiger partial charge in [-0.15, -0.1) is 11.3 Å². The van der Waals surface area contributed by atoms with E-state index in [0.717, 1.165) is 40.4 Å². The molecule has 2 N–H and O–H groups in total. The number of carbonyl (C=O) groups excluding carboxylic acids is 1. The standard InChI is InChI=1S/C30H38N4O3SSi/c1-30(2,3)39(4,5)37-25(18-34-19-26(28(31)35)32-21-34)15-10-16-36-24-14-9-13-23(17-24)27-20-38-29(33-27)22-11-7-6-8-12-22/h6-9,11-14,17,19-21,25H,10,15-16,18H2,1-5H3,(H2,31,35). The number of amides is 1. The minimum Gasteiger partial charge on any atom is -0.494 e. The highest BCUT2D eigenvalue weighted by atomic mass is 32.1. The van der Waals surface area contributed by atoms with Crippen LogP contribution in [-0.2, 0) is 11.0 Å². The monoisotopic (exact) mass is 562 g/mol. The lowest BCUT2D eigenvalue weighted by Crippen LogP contribution is -2.45. The van der Waals surface area contributed by atoms with Crippen molar-refractivity contribution < 1.29 is 14.0 Å². The van der Waals surface area contributed by atoms with E-state index in [1.54, 1.807) is 23.9 Å². The van der Waals surface area contributed by atoms with Crippen molar-refractivity contribution in [1.29, 1.82) is 0 Å². The maximum absolute atomic E-state index is 11.5. The Hall–Kier alpha value is -3.27. The summed E-state index contributed by atoms with van der Waals surface area (Å²) in [7, 11) is -2.00. The lowest BCUT2D eigenvalue weighted by atomic mass is 10.1. The van der Waals surface area contributed by atoms with Crippen LogP contribution in [0.25, 0.3) is 21.8 Å². The number of thiazole rings is 1. The van der Waals surface area contributed by atoms with Crippen LogP contribution in [0.4, 0.5) is 0 Å². The molecule has 0 spiro atoms. The Bertz CT molecular complexity index is 1380. The number of hydrogen-bond donors (Lipinski definition) is 1. The van der Waals surface area contributed by atoms with Crippen LogP contribution in [-0.4, -0.2) is 41.5 Å². The van der Waals surface area contributed by atoms with Gasteiger partial charge in [0.2, 0.25) is 0 Å². The van der Waals surface area contributed by atoms with Gasteiger partial charge in [0, 0.05) is 29.2 Å². The Morgan fingerprint density at radius 2 is 1.85 bits per heavy atom. The Morgan fingerprint density at radius 3 is 2.54 bits per heavy atom. The van der Waals surface area contributed by atoms with E-state index in [1.165, 1.54) is 0 Å². The summed E-state index contributed by atoms with van der Waals surface area (Å²) in [6.07, 6.45) is 4.96. The zero-order valence-electron chi connectivity index (χ0n) is 23.4. The van der Waals surface area contributed by atoms with Gasteiger partial charge in [-0.1, -0.05) is 63.2 Å². The highest BCUT2D eigenvalue weighted by Gasteiger charge is 2.39. The first kappa shape index (κ1) is 28.7. The molecule has 0 saturated heterocycles. The molecule has 4 rings (SSSR count). The van der Waals surface area contributed by atoms with E-state index in [0.29, 0.717) is 13.2 Å². The molecule has 7 nitrogen and oxygen atoms in total. The van der Waals surface area contributed by atoms with Crippen molar-refractivity contribution >= 4 is 25.6 Å². The number of nitrogens with zero attached hydrogens (tertiary/aromatic N) is 3. The molecule has 0 aliphatic carbocycles. The molecule has 0 aliphatic rings. The lowest BCUT2D eigenvalue weighted by molar-refractivity contribution is 0.0995. The molecule has 9 heteroatoms. The summed E-state index contributed by atoms with van der Waals surface area (Å²) < 4.78 is 14.8. The zero-order chi connectivity index (χ0) is 28.0. The largest absolute Gasteiger partial charge is 0.494 e. The molecule has 2 heterocycles. The third-order valence-electron chi connectivity index (χ3n) is 7.16. The molecule has 1 amide bonds. The van der Waals surface area contributed by atoms with Gasteiger partial charge in [0.25, 0.3) is 5.91 Å². The molecule has 0 fully saturated rings. The van der Waals surface area contributed by atoms with E-state index in [2.05, 4.69) is 62.4 Å². The molecule has 39 heavy (non-hydrogen) atoms. The Labute approximate surface area is 236 Å². The van der Waals surface area contributed by atoms with E-state index >= 15 is 0 Å². The van der Waals surface area contributed by atoms with Crippen LogP contribution in [0, 0.1) is 0 Å².